The maximum atomic E-state index is 11.0. The highest BCUT2D eigenvalue weighted by Crippen LogP contribution is 2.33. The third-order valence-corrected chi connectivity index (χ3v) is 3.06. The molecule has 5 nitrogen and oxygen atoms in total. The second kappa shape index (κ2) is 5.14. The predicted octanol–water partition coefficient (Wildman–Crippen LogP) is 2.36. The van der Waals surface area contributed by atoms with Gasteiger partial charge in [-0.2, -0.15) is 5.10 Å². The Morgan fingerprint density at radius 2 is 2.21 bits per heavy atom. The molecule has 2 rings (SSSR count). The van der Waals surface area contributed by atoms with Crippen molar-refractivity contribution in [2.75, 3.05) is 7.11 Å². The molecule has 0 saturated carbocycles. The fourth-order valence-corrected chi connectivity index (χ4v) is 2.13. The van der Waals surface area contributed by atoms with E-state index in [9.17, 15) is 4.79 Å². The Hall–Kier alpha value is -2.30. The summed E-state index contributed by atoms with van der Waals surface area (Å²) in [5, 5.41) is 13.0. The summed E-state index contributed by atoms with van der Waals surface area (Å²) >= 11 is 0. The van der Waals surface area contributed by atoms with E-state index in [1.54, 1.807) is 24.9 Å². The zero-order valence-electron chi connectivity index (χ0n) is 11.2. The van der Waals surface area contributed by atoms with Gasteiger partial charge in [0.1, 0.15) is 5.75 Å². The average molecular weight is 260 g/mol. The van der Waals surface area contributed by atoms with Crippen LogP contribution >= 0.6 is 0 Å². The van der Waals surface area contributed by atoms with Gasteiger partial charge in [0.05, 0.1) is 12.8 Å². The first-order chi connectivity index (χ1) is 9.08. The minimum atomic E-state index is -1.03. The summed E-state index contributed by atoms with van der Waals surface area (Å²) in [6.07, 6.45) is 0.848. The SMILES string of the molecule is CCc1cccc(-c2cc(C(=O)O)nn2C)c1OC. The highest BCUT2D eigenvalue weighted by molar-refractivity contribution is 5.87. The molecule has 0 fully saturated rings. The lowest BCUT2D eigenvalue weighted by Crippen LogP contribution is -2.00. The fraction of sp³-hybridized carbons (Fsp3) is 0.286. The molecule has 1 heterocycles. The van der Waals surface area contributed by atoms with Crippen molar-refractivity contribution in [3.8, 4) is 17.0 Å². The molecule has 19 heavy (non-hydrogen) atoms. The van der Waals surface area contributed by atoms with Gasteiger partial charge in [-0.25, -0.2) is 4.79 Å². The van der Waals surface area contributed by atoms with Gasteiger partial charge in [-0.05, 0) is 24.1 Å². The molecule has 0 aliphatic carbocycles. The van der Waals surface area contributed by atoms with E-state index in [2.05, 4.69) is 5.10 Å². The molecule has 1 aromatic heterocycles. The third kappa shape index (κ3) is 2.31. The maximum Gasteiger partial charge on any atom is 0.356 e. The number of rotatable bonds is 4. The first-order valence-electron chi connectivity index (χ1n) is 6.02. The van der Waals surface area contributed by atoms with Gasteiger partial charge in [0.2, 0.25) is 0 Å². The summed E-state index contributed by atoms with van der Waals surface area (Å²) < 4.78 is 7.01. The van der Waals surface area contributed by atoms with E-state index >= 15 is 0 Å². The number of hydrogen-bond donors (Lipinski definition) is 1. The van der Waals surface area contributed by atoms with E-state index in [0.29, 0.717) is 0 Å². The van der Waals surface area contributed by atoms with Crippen LogP contribution in [0.2, 0.25) is 0 Å². The van der Waals surface area contributed by atoms with Crippen LogP contribution in [0.3, 0.4) is 0 Å². The summed E-state index contributed by atoms with van der Waals surface area (Å²) in [5.74, 6) is -0.266. The number of methoxy groups -OCH3 is 1. The van der Waals surface area contributed by atoms with Crippen molar-refractivity contribution in [3.63, 3.8) is 0 Å². The number of carboxylic acid groups (broad SMARTS) is 1. The third-order valence-electron chi connectivity index (χ3n) is 3.06. The highest BCUT2D eigenvalue weighted by Gasteiger charge is 2.16. The molecule has 0 saturated heterocycles. The molecule has 100 valence electrons. The van der Waals surface area contributed by atoms with Crippen molar-refractivity contribution in [2.24, 2.45) is 7.05 Å². The number of ether oxygens (including phenoxy) is 1. The van der Waals surface area contributed by atoms with Gasteiger partial charge < -0.3 is 9.84 Å². The molecule has 0 radical (unpaired) electrons. The molecule has 5 heteroatoms. The predicted molar refractivity (Wildman–Crippen MR) is 71.5 cm³/mol. The summed E-state index contributed by atoms with van der Waals surface area (Å²) in [6.45, 7) is 2.05. The number of hydrogen-bond acceptors (Lipinski definition) is 3. The maximum absolute atomic E-state index is 11.0. The fourth-order valence-electron chi connectivity index (χ4n) is 2.13. The van der Waals surface area contributed by atoms with Crippen LogP contribution in [0.5, 0.6) is 5.75 Å². The molecular weight excluding hydrogens is 244 g/mol. The lowest BCUT2D eigenvalue weighted by atomic mass is 10.0. The number of carboxylic acids is 1. The van der Waals surface area contributed by atoms with E-state index in [0.717, 1.165) is 29.0 Å². The van der Waals surface area contributed by atoms with Gasteiger partial charge in [0.15, 0.2) is 5.69 Å². The van der Waals surface area contributed by atoms with E-state index in [-0.39, 0.29) is 5.69 Å². The molecule has 0 spiro atoms. The first kappa shape index (κ1) is 13.1. The van der Waals surface area contributed by atoms with Crippen molar-refractivity contribution in [1.82, 2.24) is 9.78 Å². The Morgan fingerprint density at radius 3 is 2.74 bits per heavy atom. The van der Waals surface area contributed by atoms with Crippen LogP contribution in [0.1, 0.15) is 23.0 Å². The average Bonchev–Trinajstić information content (AvgIpc) is 2.79. The second-order valence-electron chi connectivity index (χ2n) is 4.20. The molecular formula is C14H16N2O3. The molecule has 1 N–H and O–H groups in total. The zero-order valence-corrected chi connectivity index (χ0v) is 11.2. The standard InChI is InChI=1S/C14H16N2O3/c1-4-9-6-5-7-10(13(9)19-3)12-8-11(14(17)18)15-16(12)2/h5-8H,4H2,1-3H3,(H,17,18). The van der Waals surface area contributed by atoms with Crippen molar-refractivity contribution in [1.29, 1.82) is 0 Å². The smallest absolute Gasteiger partial charge is 0.356 e. The van der Waals surface area contributed by atoms with E-state index in [1.165, 1.54) is 0 Å². The molecule has 2 aromatic rings. The molecule has 0 amide bonds. The number of aromatic carboxylic acids is 1. The van der Waals surface area contributed by atoms with Gasteiger partial charge >= 0.3 is 5.97 Å². The summed E-state index contributed by atoms with van der Waals surface area (Å²) in [7, 11) is 3.34. The lowest BCUT2D eigenvalue weighted by molar-refractivity contribution is 0.0689. The van der Waals surface area contributed by atoms with E-state index < -0.39 is 5.97 Å². The topological polar surface area (TPSA) is 64.3 Å². The minimum Gasteiger partial charge on any atom is -0.496 e. The van der Waals surface area contributed by atoms with E-state index in [1.807, 2.05) is 25.1 Å². The quantitative estimate of drug-likeness (QED) is 0.916. The second-order valence-corrected chi connectivity index (χ2v) is 4.20. The molecule has 0 unspecified atom stereocenters. The highest BCUT2D eigenvalue weighted by atomic mass is 16.5. The minimum absolute atomic E-state index is 0.0291. The van der Waals surface area contributed by atoms with Crippen LogP contribution in [-0.2, 0) is 13.5 Å². The van der Waals surface area contributed by atoms with Crippen molar-refractivity contribution < 1.29 is 14.6 Å². The van der Waals surface area contributed by atoms with E-state index in [4.69, 9.17) is 9.84 Å². The van der Waals surface area contributed by atoms with Crippen molar-refractivity contribution in [2.45, 2.75) is 13.3 Å². The van der Waals surface area contributed by atoms with Crippen LogP contribution in [0, 0.1) is 0 Å². The number of benzene rings is 1. The number of aryl methyl sites for hydroxylation is 2. The van der Waals surface area contributed by atoms with Gasteiger partial charge in [-0.3, -0.25) is 4.68 Å². The molecule has 0 aliphatic rings. The van der Waals surface area contributed by atoms with Gasteiger partial charge in [0.25, 0.3) is 0 Å². The summed E-state index contributed by atoms with van der Waals surface area (Å²) in [5.41, 5.74) is 2.69. The number of carbonyl (C=O) groups is 1. The van der Waals surface area contributed by atoms with Crippen LogP contribution < -0.4 is 4.74 Å². The zero-order chi connectivity index (χ0) is 14.0. The van der Waals surface area contributed by atoms with Crippen LogP contribution in [0.4, 0.5) is 0 Å². The number of aromatic nitrogens is 2. The van der Waals surface area contributed by atoms with Crippen LogP contribution in [0.25, 0.3) is 11.3 Å². The monoisotopic (exact) mass is 260 g/mol. The Balaban J connectivity index is 2.61. The van der Waals surface area contributed by atoms with Crippen molar-refractivity contribution >= 4 is 5.97 Å². The molecule has 0 atom stereocenters. The molecule has 0 aliphatic heterocycles. The number of nitrogens with zero attached hydrogens (tertiary/aromatic N) is 2. The lowest BCUT2D eigenvalue weighted by Gasteiger charge is -2.12. The van der Waals surface area contributed by atoms with Crippen molar-refractivity contribution in [3.05, 3.63) is 35.5 Å². The Morgan fingerprint density at radius 1 is 1.47 bits per heavy atom. The Bertz CT molecular complexity index is 617. The molecule has 0 bridgehead atoms. The van der Waals surface area contributed by atoms with Gasteiger partial charge in [-0.15, -0.1) is 0 Å². The van der Waals surface area contributed by atoms with Gasteiger partial charge in [-0.1, -0.05) is 19.1 Å². The summed E-state index contributed by atoms with van der Waals surface area (Å²) in [6, 6.07) is 7.39. The first-order valence-corrected chi connectivity index (χ1v) is 6.02. The van der Waals surface area contributed by atoms with Crippen LogP contribution in [0.15, 0.2) is 24.3 Å². The Kier molecular flexibility index (Phi) is 3.55. The molecule has 1 aromatic carbocycles. The van der Waals surface area contributed by atoms with Crippen LogP contribution in [-0.4, -0.2) is 28.0 Å². The van der Waals surface area contributed by atoms with Gasteiger partial charge in [0, 0.05) is 12.6 Å². The summed E-state index contributed by atoms with van der Waals surface area (Å²) in [4.78, 5) is 11.0. The number of para-hydroxylation sites is 1. The Labute approximate surface area is 111 Å². The normalized spacial score (nSPS) is 10.5. The largest absolute Gasteiger partial charge is 0.496 e.